The average Bonchev–Trinajstić information content (AvgIpc) is 3.50. The molecule has 2 fully saturated rings. The van der Waals surface area contributed by atoms with Crippen molar-refractivity contribution in [3.05, 3.63) is 130 Å². The van der Waals surface area contributed by atoms with E-state index >= 15 is 0 Å². The predicted octanol–water partition coefficient (Wildman–Crippen LogP) is 5.17. The molecule has 41 heavy (non-hydrogen) atoms. The number of nitrogens with zero attached hydrogens (tertiary/aromatic N) is 3. The second kappa shape index (κ2) is 10.3. The average molecular weight is 550 g/mol. The predicted molar refractivity (Wildman–Crippen MR) is 148 cm³/mol. The maximum Gasteiger partial charge on any atom is 0.343 e. The molecular weight excluding hydrogens is 526 g/mol. The number of imide groups is 1. The number of hydrogen-bond donors (Lipinski definition) is 0. The van der Waals surface area contributed by atoms with Gasteiger partial charge in [0.1, 0.15) is 11.7 Å². The maximum atomic E-state index is 13.8. The Hall–Kier alpha value is -5.35. The van der Waals surface area contributed by atoms with Crippen LogP contribution in [0.5, 0.6) is 5.75 Å². The van der Waals surface area contributed by atoms with E-state index in [0.29, 0.717) is 28.3 Å². The van der Waals surface area contributed by atoms with E-state index < -0.39 is 40.8 Å². The maximum absolute atomic E-state index is 13.8. The summed E-state index contributed by atoms with van der Waals surface area (Å²) in [4.78, 5) is 57.7. The van der Waals surface area contributed by atoms with Gasteiger partial charge in [-0.3, -0.25) is 24.5 Å². The van der Waals surface area contributed by atoms with Gasteiger partial charge in [0.05, 0.1) is 27.9 Å². The summed E-state index contributed by atoms with van der Waals surface area (Å²) in [5, 5.41) is 12.6. The molecule has 0 spiro atoms. The standard InChI is InChI=1S/C31H23N3O7/c1-19-7-11-22(12-8-19)32-29(35)26-27(20-9-17-25(18-10-20)40-31(37)21-5-3-2-4-6-21)33(41-28(26)30(32)36)23-13-15-24(16-14-23)34(38)39/h2-18,26-28H,1H3/t26-,27-,28+/m1/s1. The Morgan fingerprint density at radius 2 is 1.46 bits per heavy atom. The van der Waals surface area contributed by atoms with Crippen molar-refractivity contribution >= 4 is 34.8 Å². The summed E-state index contributed by atoms with van der Waals surface area (Å²) in [6, 6.07) is 27.2. The van der Waals surface area contributed by atoms with Gasteiger partial charge in [-0.25, -0.2) is 14.8 Å². The summed E-state index contributed by atoms with van der Waals surface area (Å²) in [7, 11) is 0. The third kappa shape index (κ3) is 4.70. The first-order chi connectivity index (χ1) is 19.8. The van der Waals surface area contributed by atoms with Gasteiger partial charge in [-0.15, -0.1) is 0 Å². The van der Waals surface area contributed by atoms with E-state index in [9.17, 15) is 24.5 Å². The molecule has 204 valence electrons. The molecule has 2 heterocycles. The molecule has 0 bridgehead atoms. The Kier molecular flexibility index (Phi) is 6.52. The lowest BCUT2D eigenvalue weighted by molar-refractivity contribution is -0.384. The molecule has 0 unspecified atom stereocenters. The number of nitro benzene ring substituents is 1. The Morgan fingerprint density at radius 3 is 2.10 bits per heavy atom. The summed E-state index contributed by atoms with van der Waals surface area (Å²) in [6.07, 6.45) is -1.10. The zero-order valence-electron chi connectivity index (χ0n) is 21.7. The molecule has 0 saturated carbocycles. The number of fused-ring (bicyclic) bond motifs is 1. The number of carbonyl (C=O) groups is 3. The number of carbonyl (C=O) groups excluding carboxylic acids is 3. The first kappa shape index (κ1) is 25.9. The number of nitro groups is 1. The van der Waals surface area contributed by atoms with Gasteiger partial charge in [0.15, 0.2) is 6.10 Å². The molecule has 2 aliphatic rings. The molecule has 3 atom stereocenters. The highest BCUT2D eigenvalue weighted by molar-refractivity contribution is 6.23. The molecule has 0 aromatic heterocycles. The first-order valence-electron chi connectivity index (χ1n) is 12.8. The molecule has 6 rings (SSSR count). The van der Waals surface area contributed by atoms with Gasteiger partial charge < -0.3 is 4.74 Å². The van der Waals surface area contributed by atoms with Gasteiger partial charge in [-0.05, 0) is 61.0 Å². The SMILES string of the molecule is Cc1ccc(N2C(=O)[C@H]3[C@H](ON(c4ccc([N+](=O)[O-])cc4)[C@@H]3c3ccc(OC(=O)c4ccccc4)cc3)C2=O)cc1. The van der Waals surface area contributed by atoms with Crippen molar-refractivity contribution < 1.29 is 28.9 Å². The monoisotopic (exact) mass is 549 g/mol. The Bertz CT molecular complexity index is 1640. The van der Waals surface area contributed by atoms with Crippen molar-refractivity contribution in [2.45, 2.75) is 19.1 Å². The van der Waals surface area contributed by atoms with Crippen molar-refractivity contribution in [2.75, 3.05) is 9.96 Å². The van der Waals surface area contributed by atoms with Crippen LogP contribution >= 0.6 is 0 Å². The fraction of sp³-hybridized carbons (Fsp3) is 0.129. The summed E-state index contributed by atoms with van der Waals surface area (Å²) in [5.41, 5.74) is 2.80. The molecule has 4 aromatic rings. The highest BCUT2D eigenvalue weighted by Crippen LogP contribution is 2.48. The number of benzene rings is 4. The quantitative estimate of drug-likeness (QED) is 0.106. The van der Waals surface area contributed by atoms with Crippen molar-refractivity contribution in [3.8, 4) is 5.75 Å². The van der Waals surface area contributed by atoms with Crippen molar-refractivity contribution in [1.29, 1.82) is 0 Å². The highest BCUT2D eigenvalue weighted by Gasteiger charge is 2.60. The lowest BCUT2D eigenvalue weighted by atomic mass is 9.90. The summed E-state index contributed by atoms with van der Waals surface area (Å²) < 4.78 is 5.50. The van der Waals surface area contributed by atoms with Crippen LogP contribution in [0.3, 0.4) is 0 Å². The fourth-order valence-electron chi connectivity index (χ4n) is 5.12. The van der Waals surface area contributed by atoms with Crippen LogP contribution < -0.4 is 14.7 Å². The zero-order valence-corrected chi connectivity index (χ0v) is 21.7. The van der Waals surface area contributed by atoms with Crippen LogP contribution in [-0.4, -0.2) is 28.8 Å². The number of aryl methyl sites for hydroxylation is 1. The topological polar surface area (TPSA) is 119 Å². The molecule has 0 radical (unpaired) electrons. The summed E-state index contributed by atoms with van der Waals surface area (Å²) >= 11 is 0. The molecule has 0 N–H and O–H groups in total. The minimum atomic E-state index is -1.10. The number of esters is 1. The summed E-state index contributed by atoms with van der Waals surface area (Å²) in [6.45, 7) is 1.91. The number of ether oxygens (including phenoxy) is 1. The molecule has 0 aliphatic carbocycles. The minimum Gasteiger partial charge on any atom is -0.423 e. The Labute approximate surface area is 234 Å². The largest absolute Gasteiger partial charge is 0.423 e. The van der Waals surface area contributed by atoms with Crippen LogP contribution in [0, 0.1) is 23.0 Å². The second-order valence-electron chi connectivity index (χ2n) is 9.77. The number of non-ortho nitro benzene ring substituents is 1. The minimum absolute atomic E-state index is 0.105. The lowest BCUT2D eigenvalue weighted by Gasteiger charge is -2.28. The molecule has 2 amide bonds. The third-order valence-corrected chi connectivity index (χ3v) is 7.16. The van der Waals surface area contributed by atoms with E-state index in [0.717, 1.165) is 10.5 Å². The van der Waals surface area contributed by atoms with E-state index in [1.54, 1.807) is 66.7 Å². The van der Waals surface area contributed by atoms with Gasteiger partial charge in [-0.1, -0.05) is 48.0 Å². The van der Waals surface area contributed by atoms with Gasteiger partial charge in [0, 0.05) is 12.1 Å². The number of hydrogen-bond acceptors (Lipinski definition) is 8. The van der Waals surface area contributed by atoms with E-state index in [1.165, 1.54) is 29.3 Å². The van der Waals surface area contributed by atoms with Crippen LogP contribution in [0.1, 0.15) is 27.5 Å². The molecule has 2 saturated heterocycles. The van der Waals surface area contributed by atoms with E-state index in [2.05, 4.69) is 0 Å². The van der Waals surface area contributed by atoms with Crippen LogP contribution in [0.15, 0.2) is 103 Å². The van der Waals surface area contributed by atoms with Crippen LogP contribution in [0.2, 0.25) is 0 Å². The van der Waals surface area contributed by atoms with Crippen LogP contribution in [-0.2, 0) is 14.4 Å². The number of hydroxylamine groups is 1. The van der Waals surface area contributed by atoms with Gasteiger partial charge >= 0.3 is 5.97 Å². The first-order valence-corrected chi connectivity index (χ1v) is 12.8. The molecule has 10 heteroatoms. The summed E-state index contributed by atoms with van der Waals surface area (Å²) in [5.74, 6) is -2.02. The van der Waals surface area contributed by atoms with Crippen LogP contribution in [0.4, 0.5) is 17.1 Å². The number of anilines is 2. The van der Waals surface area contributed by atoms with Crippen molar-refractivity contribution in [2.24, 2.45) is 5.92 Å². The van der Waals surface area contributed by atoms with E-state index in [-0.39, 0.29) is 5.69 Å². The Balaban J connectivity index is 1.34. The van der Waals surface area contributed by atoms with Crippen LogP contribution in [0.25, 0.3) is 0 Å². The second-order valence-corrected chi connectivity index (χ2v) is 9.77. The molecule has 4 aromatic carbocycles. The third-order valence-electron chi connectivity index (χ3n) is 7.16. The molecule has 10 nitrogen and oxygen atoms in total. The van der Waals surface area contributed by atoms with Gasteiger partial charge in [-0.2, -0.15) is 0 Å². The number of rotatable bonds is 6. The lowest BCUT2D eigenvalue weighted by Crippen LogP contribution is -2.37. The van der Waals surface area contributed by atoms with Crippen molar-refractivity contribution in [1.82, 2.24) is 0 Å². The smallest absolute Gasteiger partial charge is 0.343 e. The van der Waals surface area contributed by atoms with Crippen molar-refractivity contribution in [3.63, 3.8) is 0 Å². The fourth-order valence-corrected chi connectivity index (χ4v) is 5.12. The van der Waals surface area contributed by atoms with E-state index in [1.807, 2.05) is 19.1 Å². The highest BCUT2D eigenvalue weighted by atomic mass is 16.7. The van der Waals surface area contributed by atoms with E-state index in [4.69, 9.17) is 9.57 Å². The normalized spacial score (nSPS) is 19.8. The Morgan fingerprint density at radius 1 is 0.829 bits per heavy atom. The van der Waals surface area contributed by atoms with Gasteiger partial charge in [0.2, 0.25) is 5.91 Å². The number of amides is 2. The molecular formula is C31H23N3O7. The molecule has 2 aliphatic heterocycles. The zero-order chi connectivity index (χ0) is 28.7. The van der Waals surface area contributed by atoms with Gasteiger partial charge in [0.25, 0.3) is 11.6 Å².